The molecule has 2 aromatic rings. The summed E-state index contributed by atoms with van der Waals surface area (Å²) < 4.78 is 0. The zero-order valence-electron chi connectivity index (χ0n) is 7.02. The molecule has 76 valence electrons. The summed E-state index contributed by atoms with van der Waals surface area (Å²) in [5, 5.41) is 14.6. The highest BCUT2D eigenvalue weighted by molar-refractivity contribution is 6.05. The number of nitrogens with one attached hydrogen (secondary N) is 2. The molecule has 7 heteroatoms. The molecule has 0 unspecified atom stereocenters. The molecule has 0 atom stereocenters. The number of hydrogen-bond acceptors (Lipinski definition) is 3. The van der Waals surface area contributed by atoms with Gasteiger partial charge in [-0.2, -0.15) is 5.10 Å². The number of fused-ring (bicyclic) bond motifs is 1. The van der Waals surface area contributed by atoms with Crippen LogP contribution in [0.3, 0.4) is 0 Å². The molecule has 0 aromatic carbocycles. The molecule has 0 bridgehead atoms. The van der Waals surface area contributed by atoms with Crippen molar-refractivity contribution < 1.29 is 0 Å². The van der Waals surface area contributed by atoms with Gasteiger partial charge in [-0.05, 0) is 6.07 Å². The highest BCUT2D eigenvalue weighted by atomic mass is 35.5. The number of nitrogens with zero attached hydrogens (tertiary/aromatic N) is 2. The van der Waals surface area contributed by atoms with Crippen molar-refractivity contribution in [3.63, 3.8) is 0 Å². The summed E-state index contributed by atoms with van der Waals surface area (Å²) in [6, 6.07) is 1.69. The fourth-order valence-electron chi connectivity index (χ4n) is 1.09. The van der Waals surface area contributed by atoms with Crippen molar-refractivity contribution in [1.82, 2.24) is 15.2 Å². The van der Waals surface area contributed by atoms with Crippen molar-refractivity contribution in [3.05, 3.63) is 24.0 Å². The Morgan fingerprint density at radius 3 is 2.79 bits per heavy atom. The maximum Gasteiger partial charge on any atom is 0.155 e. The largest absolute Gasteiger partial charge is 0.384 e. The molecule has 0 saturated heterocycles. The molecule has 0 radical (unpaired) electrons. The van der Waals surface area contributed by atoms with E-state index in [1.165, 1.54) is 0 Å². The van der Waals surface area contributed by atoms with Crippen LogP contribution < -0.4 is 5.73 Å². The third-order valence-electron chi connectivity index (χ3n) is 1.64. The number of aromatic nitrogens is 3. The summed E-state index contributed by atoms with van der Waals surface area (Å²) in [5.41, 5.74) is 6.67. The van der Waals surface area contributed by atoms with E-state index in [4.69, 9.17) is 11.1 Å². The van der Waals surface area contributed by atoms with Crippen molar-refractivity contribution in [2.24, 2.45) is 5.73 Å². The van der Waals surface area contributed by atoms with Gasteiger partial charge in [-0.3, -0.25) is 10.5 Å². The number of nitrogen functional groups attached to an aromatic ring is 1. The molecule has 0 aliphatic carbocycles. The summed E-state index contributed by atoms with van der Waals surface area (Å²) in [5.74, 6) is 0.0313. The first-order valence-corrected chi connectivity index (χ1v) is 3.41. The summed E-state index contributed by atoms with van der Waals surface area (Å²) in [6.45, 7) is 0. The Bertz CT molecular complexity index is 438. The van der Waals surface area contributed by atoms with Gasteiger partial charge in [0.25, 0.3) is 0 Å². The minimum atomic E-state index is 0. The Kier molecular flexibility index (Phi) is 4.33. The molecular weight excluding hydrogens is 225 g/mol. The van der Waals surface area contributed by atoms with Crippen molar-refractivity contribution >= 4 is 41.7 Å². The predicted molar refractivity (Wildman–Crippen MR) is 59.4 cm³/mol. The maximum atomic E-state index is 7.26. The summed E-state index contributed by atoms with van der Waals surface area (Å²) in [6.07, 6.45) is 3.20. The Morgan fingerprint density at radius 1 is 1.43 bits per heavy atom. The molecule has 2 heterocycles. The van der Waals surface area contributed by atoms with Crippen LogP contribution in [-0.2, 0) is 0 Å². The van der Waals surface area contributed by atoms with Gasteiger partial charge >= 0.3 is 0 Å². The van der Waals surface area contributed by atoms with Gasteiger partial charge in [-0.15, -0.1) is 24.8 Å². The smallest absolute Gasteiger partial charge is 0.155 e. The molecule has 5 nitrogen and oxygen atoms in total. The minimum Gasteiger partial charge on any atom is -0.384 e. The number of halogens is 2. The number of pyridine rings is 1. The second-order valence-corrected chi connectivity index (χ2v) is 2.40. The number of rotatable bonds is 1. The maximum absolute atomic E-state index is 7.26. The highest BCUT2D eigenvalue weighted by Gasteiger charge is 2.04. The van der Waals surface area contributed by atoms with E-state index in [-0.39, 0.29) is 30.6 Å². The van der Waals surface area contributed by atoms with E-state index in [0.29, 0.717) is 11.2 Å². The van der Waals surface area contributed by atoms with Gasteiger partial charge in [-0.1, -0.05) is 0 Å². The number of H-pyrrole nitrogens is 1. The van der Waals surface area contributed by atoms with Crippen LogP contribution in [0.15, 0.2) is 18.5 Å². The van der Waals surface area contributed by atoms with Crippen LogP contribution in [0, 0.1) is 5.41 Å². The van der Waals surface area contributed by atoms with Crippen LogP contribution in [0.4, 0.5) is 0 Å². The first-order valence-electron chi connectivity index (χ1n) is 3.41. The molecule has 0 aliphatic heterocycles. The Hall–Kier alpha value is -1.33. The van der Waals surface area contributed by atoms with E-state index in [0.717, 1.165) is 5.39 Å². The second kappa shape index (κ2) is 4.78. The van der Waals surface area contributed by atoms with E-state index in [1.54, 1.807) is 18.5 Å². The Balaban J connectivity index is 0.000000845. The zero-order valence-corrected chi connectivity index (χ0v) is 8.65. The fraction of sp³-hybridized carbons (Fsp3) is 0. The second-order valence-electron chi connectivity index (χ2n) is 2.40. The topological polar surface area (TPSA) is 91.4 Å². The minimum absolute atomic E-state index is 0. The van der Waals surface area contributed by atoms with E-state index in [2.05, 4.69) is 15.2 Å². The van der Waals surface area contributed by atoms with Crippen molar-refractivity contribution in [1.29, 1.82) is 5.41 Å². The molecule has 2 aromatic heterocycles. The number of hydrogen-bond donors (Lipinski definition) is 3. The van der Waals surface area contributed by atoms with Crippen LogP contribution in [0.2, 0.25) is 0 Å². The summed E-state index contributed by atoms with van der Waals surface area (Å²) >= 11 is 0. The van der Waals surface area contributed by atoms with Gasteiger partial charge in [0.2, 0.25) is 0 Å². The van der Waals surface area contributed by atoms with Crippen LogP contribution in [0.25, 0.3) is 11.0 Å². The molecule has 0 amide bonds. The van der Waals surface area contributed by atoms with Gasteiger partial charge < -0.3 is 5.73 Å². The fourth-order valence-corrected chi connectivity index (χ4v) is 1.09. The Labute approximate surface area is 92.4 Å². The quantitative estimate of drug-likeness (QED) is 0.509. The third kappa shape index (κ3) is 1.94. The molecule has 0 spiro atoms. The van der Waals surface area contributed by atoms with Crippen LogP contribution >= 0.6 is 24.8 Å². The zero-order chi connectivity index (χ0) is 8.55. The van der Waals surface area contributed by atoms with Gasteiger partial charge in [0, 0.05) is 17.1 Å². The van der Waals surface area contributed by atoms with E-state index in [1.807, 2.05) is 0 Å². The lowest BCUT2D eigenvalue weighted by Gasteiger charge is -1.97. The SMILES string of the molecule is Cl.Cl.N=C(N)c1ccnc2[nH]ncc12. The normalized spacial score (nSPS) is 8.86. The summed E-state index contributed by atoms with van der Waals surface area (Å²) in [7, 11) is 0. The van der Waals surface area contributed by atoms with Gasteiger partial charge in [0.15, 0.2) is 5.65 Å². The van der Waals surface area contributed by atoms with E-state index in [9.17, 15) is 0 Å². The lowest BCUT2D eigenvalue weighted by Crippen LogP contribution is -2.11. The molecule has 0 saturated carbocycles. The number of amidine groups is 1. The molecule has 14 heavy (non-hydrogen) atoms. The van der Waals surface area contributed by atoms with Crippen molar-refractivity contribution in [2.45, 2.75) is 0 Å². The standard InChI is InChI=1S/C7H7N5.2ClH/c8-6(9)4-1-2-10-7-5(4)3-11-12-7;;/h1-3H,(H3,8,9)(H,10,11,12);2*1H. The van der Waals surface area contributed by atoms with E-state index < -0.39 is 0 Å². The first kappa shape index (κ1) is 12.7. The van der Waals surface area contributed by atoms with Crippen LogP contribution in [0.5, 0.6) is 0 Å². The lowest BCUT2D eigenvalue weighted by atomic mass is 10.2. The van der Waals surface area contributed by atoms with Gasteiger partial charge in [0.05, 0.1) is 6.20 Å². The molecule has 0 fully saturated rings. The third-order valence-corrected chi connectivity index (χ3v) is 1.64. The van der Waals surface area contributed by atoms with Crippen molar-refractivity contribution in [2.75, 3.05) is 0 Å². The van der Waals surface area contributed by atoms with Gasteiger partial charge in [-0.25, -0.2) is 4.98 Å². The number of aromatic amines is 1. The van der Waals surface area contributed by atoms with Crippen molar-refractivity contribution in [3.8, 4) is 0 Å². The van der Waals surface area contributed by atoms with Gasteiger partial charge in [0.1, 0.15) is 5.84 Å². The Morgan fingerprint density at radius 2 is 2.14 bits per heavy atom. The monoisotopic (exact) mass is 233 g/mol. The van der Waals surface area contributed by atoms with E-state index >= 15 is 0 Å². The molecule has 2 rings (SSSR count). The highest BCUT2D eigenvalue weighted by Crippen LogP contribution is 2.12. The first-order chi connectivity index (χ1) is 5.79. The average molecular weight is 234 g/mol. The van der Waals surface area contributed by atoms with Crippen LogP contribution in [-0.4, -0.2) is 21.0 Å². The molecular formula is C7H9Cl2N5. The average Bonchev–Trinajstić information content (AvgIpc) is 2.49. The molecule has 4 N–H and O–H groups in total. The molecule has 0 aliphatic rings. The van der Waals surface area contributed by atoms with Crippen LogP contribution in [0.1, 0.15) is 5.56 Å². The number of nitrogens with two attached hydrogens (primary N) is 1. The predicted octanol–water partition coefficient (Wildman–Crippen LogP) is 1.09. The lowest BCUT2D eigenvalue weighted by molar-refractivity contribution is 1.10. The summed E-state index contributed by atoms with van der Waals surface area (Å²) in [4.78, 5) is 4.01.